The number of allylic oxidation sites excluding steroid dienone is 1. The Morgan fingerprint density at radius 3 is 2.79 bits per heavy atom. The molecule has 0 spiro atoms. The van der Waals surface area contributed by atoms with E-state index in [-0.39, 0.29) is 0 Å². The Morgan fingerprint density at radius 2 is 2.14 bits per heavy atom. The summed E-state index contributed by atoms with van der Waals surface area (Å²) in [5.41, 5.74) is 3.60. The number of para-hydroxylation sites is 1. The lowest BCUT2D eigenvalue weighted by atomic mass is 10.1. The van der Waals surface area contributed by atoms with Crippen LogP contribution in [0.1, 0.15) is 25.3 Å². The molecule has 74 valence electrons. The molecule has 1 aromatic carbocycles. The summed E-state index contributed by atoms with van der Waals surface area (Å²) in [5, 5.41) is 3.50. The maximum atomic E-state index is 3.99. The van der Waals surface area contributed by atoms with Gasteiger partial charge in [0.15, 0.2) is 0 Å². The summed E-state index contributed by atoms with van der Waals surface area (Å²) in [4.78, 5) is 0. The van der Waals surface area contributed by atoms with Gasteiger partial charge >= 0.3 is 0 Å². The topological polar surface area (TPSA) is 12.0 Å². The molecule has 0 radical (unpaired) electrons. The lowest BCUT2D eigenvalue weighted by Crippen LogP contribution is -2.04. The van der Waals surface area contributed by atoms with Crippen LogP contribution in [0, 0.1) is 5.92 Å². The second-order valence-corrected chi connectivity index (χ2v) is 4.15. The molecule has 0 aromatic heterocycles. The molecule has 1 aliphatic rings. The zero-order chi connectivity index (χ0) is 9.97. The third-order valence-electron chi connectivity index (χ3n) is 2.66. The Labute approximate surface area is 85.8 Å². The van der Waals surface area contributed by atoms with Crippen LogP contribution in [-0.2, 0) is 0 Å². The molecule has 14 heavy (non-hydrogen) atoms. The van der Waals surface area contributed by atoms with Crippen molar-refractivity contribution < 1.29 is 0 Å². The Kier molecular flexibility index (Phi) is 2.58. The summed E-state index contributed by atoms with van der Waals surface area (Å²) in [6.07, 6.45) is 2.78. The summed E-state index contributed by atoms with van der Waals surface area (Å²) in [7, 11) is 0. The smallest absolute Gasteiger partial charge is 0.0416 e. The van der Waals surface area contributed by atoms with Gasteiger partial charge in [-0.25, -0.2) is 0 Å². The van der Waals surface area contributed by atoms with Crippen LogP contribution in [0.15, 0.2) is 30.8 Å². The zero-order valence-electron chi connectivity index (χ0n) is 8.72. The van der Waals surface area contributed by atoms with Crippen molar-refractivity contribution in [2.24, 2.45) is 5.92 Å². The summed E-state index contributed by atoms with van der Waals surface area (Å²) < 4.78 is 0. The van der Waals surface area contributed by atoms with Crippen molar-refractivity contribution in [3.8, 4) is 0 Å². The molecular formula is C13H17N. The third kappa shape index (κ3) is 2.16. The maximum Gasteiger partial charge on any atom is 0.0416 e. The molecule has 1 heteroatoms. The molecule has 1 aromatic rings. The van der Waals surface area contributed by atoms with E-state index in [9.17, 15) is 0 Å². The minimum atomic E-state index is 0.910. The maximum absolute atomic E-state index is 3.99. The molecule has 1 aliphatic carbocycles. The van der Waals surface area contributed by atoms with Crippen LogP contribution in [0.25, 0.3) is 5.57 Å². The van der Waals surface area contributed by atoms with Crippen LogP contribution in [0.5, 0.6) is 0 Å². The Bertz CT molecular complexity index is 337. The van der Waals surface area contributed by atoms with Crippen LogP contribution in [0.3, 0.4) is 0 Å². The van der Waals surface area contributed by atoms with Crippen molar-refractivity contribution in [3.63, 3.8) is 0 Å². The lowest BCUT2D eigenvalue weighted by Gasteiger charge is -2.11. The highest BCUT2D eigenvalue weighted by Gasteiger charge is 2.20. The van der Waals surface area contributed by atoms with Crippen LogP contribution in [0.4, 0.5) is 5.69 Å². The quantitative estimate of drug-likeness (QED) is 0.760. The first-order valence-corrected chi connectivity index (χ1v) is 5.26. The van der Waals surface area contributed by atoms with Crippen molar-refractivity contribution in [3.05, 3.63) is 36.4 Å². The number of hydrogen-bond acceptors (Lipinski definition) is 1. The molecule has 1 saturated carbocycles. The minimum Gasteiger partial charge on any atom is -0.384 e. The van der Waals surface area contributed by atoms with E-state index in [1.165, 1.54) is 24.1 Å². The van der Waals surface area contributed by atoms with Gasteiger partial charge in [0.25, 0.3) is 0 Å². The van der Waals surface area contributed by atoms with E-state index in [1.54, 1.807) is 0 Å². The largest absolute Gasteiger partial charge is 0.384 e. The number of anilines is 1. The van der Waals surface area contributed by atoms with Gasteiger partial charge in [-0.1, -0.05) is 24.8 Å². The van der Waals surface area contributed by atoms with Gasteiger partial charge in [-0.2, -0.15) is 0 Å². The monoisotopic (exact) mass is 187 g/mol. The number of benzene rings is 1. The average Bonchev–Trinajstić information content (AvgIpc) is 2.98. The van der Waals surface area contributed by atoms with E-state index >= 15 is 0 Å². The molecule has 0 heterocycles. The van der Waals surface area contributed by atoms with Crippen molar-refractivity contribution in [1.29, 1.82) is 0 Å². The molecule has 1 fully saturated rings. The number of nitrogens with one attached hydrogen (secondary N) is 1. The highest BCUT2D eigenvalue weighted by atomic mass is 14.9. The minimum absolute atomic E-state index is 0.910. The Morgan fingerprint density at radius 1 is 1.43 bits per heavy atom. The zero-order valence-corrected chi connectivity index (χ0v) is 8.72. The molecule has 0 unspecified atom stereocenters. The molecule has 2 rings (SSSR count). The molecule has 1 N–H and O–H groups in total. The van der Waals surface area contributed by atoms with Gasteiger partial charge in [0.2, 0.25) is 0 Å². The van der Waals surface area contributed by atoms with Gasteiger partial charge in [-0.15, -0.1) is 0 Å². The fraction of sp³-hybridized carbons (Fsp3) is 0.385. The molecule has 0 amide bonds. The average molecular weight is 187 g/mol. The van der Waals surface area contributed by atoms with E-state index < -0.39 is 0 Å². The van der Waals surface area contributed by atoms with Gasteiger partial charge in [-0.05, 0) is 42.9 Å². The molecule has 0 atom stereocenters. The predicted octanol–water partition coefficient (Wildman–Crippen LogP) is 3.54. The summed E-state index contributed by atoms with van der Waals surface area (Å²) in [5.74, 6) is 0.910. The standard InChI is InChI=1S/C13H17N/c1-10(2)12-5-3-4-6-13(12)14-9-11-7-8-11/h3-6,11,14H,1,7-9H2,2H3. The normalized spacial score (nSPS) is 15.2. The van der Waals surface area contributed by atoms with Crippen LogP contribution in [-0.4, -0.2) is 6.54 Å². The first-order valence-electron chi connectivity index (χ1n) is 5.26. The van der Waals surface area contributed by atoms with Gasteiger partial charge in [-0.3, -0.25) is 0 Å². The molecule has 1 nitrogen and oxygen atoms in total. The van der Waals surface area contributed by atoms with Gasteiger partial charge in [0.1, 0.15) is 0 Å². The molecule has 0 bridgehead atoms. The van der Waals surface area contributed by atoms with E-state index in [0.29, 0.717) is 0 Å². The Balaban J connectivity index is 2.09. The number of rotatable bonds is 4. The third-order valence-corrected chi connectivity index (χ3v) is 2.66. The first-order chi connectivity index (χ1) is 6.77. The predicted molar refractivity (Wildman–Crippen MR) is 62.4 cm³/mol. The second-order valence-electron chi connectivity index (χ2n) is 4.15. The van der Waals surface area contributed by atoms with Gasteiger partial charge < -0.3 is 5.32 Å². The molecule has 0 saturated heterocycles. The van der Waals surface area contributed by atoms with Crippen molar-refractivity contribution in [2.75, 3.05) is 11.9 Å². The number of hydrogen-bond donors (Lipinski definition) is 1. The van der Waals surface area contributed by atoms with Crippen LogP contribution in [0.2, 0.25) is 0 Å². The molecular weight excluding hydrogens is 170 g/mol. The van der Waals surface area contributed by atoms with Crippen LogP contribution >= 0.6 is 0 Å². The highest BCUT2D eigenvalue weighted by Crippen LogP contribution is 2.30. The SMILES string of the molecule is C=C(C)c1ccccc1NCC1CC1. The summed E-state index contributed by atoms with van der Waals surface area (Å²) in [6, 6.07) is 8.39. The summed E-state index contributed by atoms with van der Waals surface area (Å²) >= 11 is 0. The first kappa shape index (κ1) is 9.32. The van der Waals surface area contributed by atoms with Crippen molar-refractivity contribution in [2.45, 2.75) is 19.8 Å². The van der Waals surface area contributed by atoms with E-state index in [0.717, 1.165) is 18.0 Å². The molecule has 0 aliphatic heterocycles. The lowest BCUT2D eigenvalue weighted by molar-refractivity contribution is 0.889. The van der Waals surface area contributed by atoms with E-state index in [2.05, 4.69) is 43.1 Å². The second kappa shape index (κ2) is 3.87. The highest BCUT2D eigenvalue weighted by molar-refractivity contribution is 5.73. The van der Waals surface area contributed by atoms with Crippen molar-refractivity contribution >= 4 is 11.3 Å². The van der Waals surface area contributed by atoms with E-state index in [4.69, 9.17) is 0 Å². The van der Waals surface area contributed by atoms with E-state index in [1.807, 2.05) is 0 Å². The van der Waals surface area contributed by atoms with Gasteiger partial charge in [0.05, 0.1) is 0 Å². The summed E-state index contributed by atoms with van der Waals surface area (Å²) in [6.45, 7) is 7.16. The fourth-order valence-corrected chi connectivity index (χ4v) is 1.59. The Hall–Kier alpha value is -1.24. The van der Waals surface area contributed by atoms with Crippen LogP contribution < -0.4 is 5.32 Å². The fourth-order valence-electron chi connectivity index (χ4n) is 1.59. The van der Waals surface area contributed by atoms with Gasteiger partial charge in [0, 0.05) is 12.2 Å². The van der Waals surface area contributed by atoms with Crippen molar-refractivity contribution in [1.82, 2.24) is 0 Å².